The van der Waals surface area contributed by atoms with Crippen molar-refractivity contribution >= 4 is 29.0 Å². The molecule has 0 aliphatic carbocycles. The summed E-state index contributed by atoms with van der Waals surface area (Å²) < 4.78 is 5.18. The maximum absolute atomic E-state index is 12.0. The van der Waals surface area contributed by atoms with E-state index in [1.165, 1.54) is 7.11 Å². The zero-order valence-corrected chi connectivity index (χ0v) is 12.5. The molecule has 0 aliphatic rings. The Labute approximate surface area is 128 Å². The summed E-state index contributed by atoms with van der Waals surface area (Å²) in [7, 11) is 3.28. The molecule has 2 N–H and O–H groups in total. The molecule has 0 fully saturated rings. The van der Waals surface area contributed by atoms with Crippen molar-refractivity contribution in [1.29, 1.82) is 0 Å². The lowest BCUT2D eigenvalue weighted by Crippen LogP contribution is -2.42. The second-order valence-corrected chi connectivity index (χ2v) is 4.74. The fourth-order valence-corrected chi connectivity index (χ4v) is 1.97. The number of urea groups is 1. The van der Waals surface area contributed by atoms with E-state index in [-0.39, 0.29) is 6.03 Å². The minimum absolute atomic E-state index is 0.387. The number of ether oxygens (including phenoxy) is 1. The third-order valence-corrected chi connectivity index (χ3v) is 3.06. The Bertz CT molecular complexity index is 620. The van der Waals surface area contributed by atoms with Crippen LogP contribution in [-0.2, 0) is 0 Å². The predicted molar refractivity (Wildman–Crippen MR) is 85.0 cm³/mol. The van der Waals surface area contributed by atoms with Gasteiger partial charge in [0.15, 0.2) is 0 Å². The molecule has 5 nitrogen and oxygen atoms in total. The zero-order chi connectivity index (χ0) is 15.2. The van der Waals surface area contributed by atoms with E-state index in [4.69, 9.17) is 16.3 Å². The van der Waals surface area contributed by atoms with Crippen LogP contribution in [0.25, 0.3) is 0 Å². The summed E-state index contributed by atoms with van der Waals surface area (Å²) in [5, 5.41) is 4.84. The van der Waals surface area contributed by atoms with Crippen LogP contribution in [-0.4, -0.2) is 20.2 Å². The SMILES string of the molecule is COc1ccc(Cl)cc1NC(=O)NN(C)c1ccccc1. The topological polar surface area (TPSA) is 53.6 Å². The quantitative estimate of drug-likeness (QED) is 0.850. The van der Waals surface area contributed by atoms with Crippen LogP contribution in [0.3, 0.4) is 0 Å². The molecule has 0 spiro atoms. The van der Waals surface area contributed by atoms with Crippen LogP contribution in [0.1, 0.15) is 0 Å². The van der Waals surface area contributed by atoms with Gasteiger partial charge in [0.25, 0.3) is 0 Å². The van der Waals surface area contributed by atoms with E-state index in [9.17, 15) is 4.79 Å². The fraction of sp³-hybridized carbons (Fsp3) is 0.133. The van der Waals surface area contributed by atoms with Crippen molar-refractivity contribution in [2.45, 2.75) is 0 Å². The van der Waals surface area contributed by atoms with Gasteiger partial charge in [-0.05, 0) is 30.3 Å². The minimum atomic E-state index is -0.387. The summed E-state index contributed by atoms with van der Waals surface area (Å²) in [6.07, 6.45) is 0. The first-order valence-corrected chi connectivity index (χ1v) is 6.68. The molecule has 0 heterocycles. The van der Waals surface area contributed by atoms with Gasteiger partial charge in [-0.2, -0.15) is 0 Å². The standard InChI is InChI=1S/C15H16ClN3O2/c1-19(12-6-4-3-5-7-12)18-15(20)17-13-10-11(16)8-9-14(13)21-2/h3-10H,1-2H3,(H2,17,18,20). The molecule has 0 saturated heterocycles. The van der Waals surface area contributed by atoms with Gasteiger partial charge in [-0.1, -0.05) is 29.8 Å². The predicted octanol–water partition coefficient (Wildman–Crippen LogP) is 3.52. The summed E-state index contributed by atoms with van der Waals surface area (Å²) in [6, 6.07) is 14.1. The number of carbonyl (C=O) groups excluding carboxylic acids is 1. The zero-order valence-electron chi connectivity index (χ0n) is 11.8. The number of hydrazine groups is 1. The number of methoxy groups -OCH3 is 1. The molecular weight excluding hydrogens is 290 g/mol. The van der Waals surface area contributed by atoms with Gasteiger partial charge in [0, 0.05) is 12.1 Å². The summed E-state index contributed by atoms with van der Waals surface area (Å²) in [4.78, 5) is 12.0. The van der Waals surface area contributed by atoms with Crippen LogP contribution in [0.15, 0.2) is 48.5 Å². The molecule has 2 amide bonds. The molecule has 21 heavy (non-hydrogen) atoms. The number of para-hydroxylation sites is 1. The Kier molecular flexibility index (Phi) is 4.90. The van der Waals surface area contributed by atoms with Crippen molar-refractivity contribution in [3.63, 3.8) is 0 Å². The van der Waals surface area contributed by atoms with Crippen molar-refractivity contribution in [2.24, 2.45) is 0 Å². The lowest BCUT2D eigenvalue weighted by atomic mass is 10.3. The molecule has 2 aromatic carbocycles. The molecule has 0 radical (unpaired) electrons. The monoisotopic (exact) mass is 305 g/mol. The molecule has 0 bridgehead atoms. The lowest BCUT2D eigenvalue weighted by Gasteiger charge is -2.21. The molecule has 0 atom stereocenters. The Balaban J connectivity index is 2.04. The summed E-state index contributed by atoms with van der Waals surface area (Å²) in [5.41, 5.74) is 4.07. The number of rotatable bonds is 4. The van der Waals surface area contributed by atoms with Gasteiger partial charge >= 0.3 is 6.03 Å². The van der Waals surface area contributed by atoms with Crippen molar-refractivity contribution in [2.75, 3.05) is 24.5 Å². The second-order valence-electron chi connectivity index (χ2n) is 4.31. The van der Waals surface area contributed by atoms with E-state index in [0.29, 0.717) is 16.5 Å². The van der Waals surface area contributed by atoms with E-state index < -0.39 is 0 Å². The van der Waals surface area contributed by atoms with E-state index in [0.717, 1.165) is 5.69 Å². The van der Waals surface area contributed by atoms with Crippen LogP contribution in [0.4, 0.5) is 16.2 Å². The van der Waals surface area contributed by atoms with Gasteiger partial charge in [0.05, 0.1) is 18.5 Å². The van der Waals surface area contributed by atoms with Crippen LogP contribution in [0.5, 0.6) is 5.75 Å². The number of halogens is 1. The Hall–Kier alpha value is -2.40. The lowest BCUT2D eigenvalue weighted by molar-refractivity contribution is 0.251. The van der Waals surface area contributed by atoms with E-state index >= 15 is 0 Å². The van der Waals surface area contributed by atoms with E-state index in [1.807, 2.05) is 30.3 Å². The number of carbonyl (C=O) groups is 1. The number of hydrogen-bond acceptors (Lipinski definition) is 3. The molecule has 2 aromatic rings. The van der Waals surface area contributed by atoms with Gasteiger partial charge < -0.3 is 10.1 Å². The first-order valence-electron chi connectivity index (χ1n) is 6.30. The van der Waals surface area contributed by atoms with E-state index in [2.05, 4.69) is 10.7 Å². The number of anilines is 2. The van der Waals surface area contributed by atoms with Crippen LogP contribution < -0.4 is 20.5 Å². The van der Waals surface area contributed by atoms with Crippen LogP contribution in [0.2, 0.25) is 5.02 Å². The Morgan fingerprint density at radius 1 is 1.19 bits per heavy atom. The molecule has 0 aliphatic heterocycles. The van der Waals surface area contributed by atoms with Gasteiger partial charge in [-0.15, -0.1) is 0 Å². The van der Waals surface area contributed by atoms with Crippen molar-refractivity contribution in [1.82, 2.24) is 5.43 Å². The van der Waals surface area contributed by atoms with Crippen molar-refractivity contribution < 1.29 is 9.53 Å². The highest BCUT2D eigenvalue weighted by molar-refractivity contribution is 6.31. The first-order chi connectivity index (χ1) is 10.1. The number of amides is 2. The summed E-state index contributed by atoms with van der Waals surface area (Å²) >= 11 is 5.92. The highest BCUT2D eigenvalue weighted by Gasteiger charge is 2.10. The van der Waals surface area contributed by atoms with Crippen LogP contribution in [0, 0.1) is 0 Å². The minimum Gasteiger partial charge on any atom is -0.495 e. The number of benzene rings is 2. The molecular formula is C15H16ClN3O2. The number of nitrogens with zero attached hydrogens (tertiary/aromatic N) is 1. The Morgan fingerprint density at radius 3 is 2.57 bits per heavy atom. The van der Waals surface area contributed by atoms with E-state index in [1.54, 1.807) is 30.3 Å². The highest BCUT2D eigenvalue weighted by atomic mass is 35.5. The number of nitrogens with one attached hydrogen (secondary N) is 2. The molecule has 0 saturated carbocycles. The largest absolute Gasteiger partial charge is 0.495 e. The molecule has 2 rings (SSSR count). The molecule has 0 unspecified atom stereocenters. The molecule has 6 heteroatoms. The summed E-state index contributed by atoms with van der Waals surface area (Å²) in [5.74, 6) is 0.539. The van der Waals surface area contributed by atoms with Crippen molar-refractivity contribution in [3.8, 4) is 5.75 Å². The van der Waals surface area contributed by atoms with Crippen LogP contribution >= 0.6 is 11.6 Å². The Morgan fingerprint density at radius 2 is 1.90 bits per heavy atom. The third kappa shape index (κ3) is 4.03. The average Bonchev–Trinajstić information content (AvgIpc) is 2.48. The third-order valence-electron chi connectivity index (χ3n) is 2.82. The van der Waals surface area contributed by atoms with Gasteiger partial charge in [-0.3, -0.25) is 5.01 Å². The van der Waals surface area contributed by atoms with Gasteiger partial charge in [0.1, 0.15) is 5.75 Å². The average molecular weight is 306 g/mol. The maximum atomic E-state index is 12.0. The maximum Gasteiger partial charge on any atom is 0.338 e. The first kappa shape index (κ1) is 15.0. The summed E-state index contributed by atoms with van der Waals surface area (Å²) in [6.45, 7) is 0. The molecule has 0 aromatic heterocycles. The smallest absolute Gasteiger partial charge is 0.338 e. The second kappa shape index (κ2) is 6.85. The normalized spacial score (nSPS) is 9.86. The van der Waals surface area contributed by atoms with Crippen molar-refractivity contribution in [3.05, 3.63) is 53.6 Å². The number of hydrogen-bond donors (Lipinski definition) is 2. The fourth-order valence-electron chi connectivity index (χ4n) is 1.80. The van der Waals surface area contributed by atoms with Gasteiger partial charge in [0.2, 0.25) is 0 Å². The van der Waals surface area contributed by atoms with Gasteiger partial charge in [-0.25, -0.2) is 10.2 Å². The molecule has 110 valence electrons. The highest BCUT2D eigenvalue weighted by Crippen LogP contribution is 2.27.